The van der Waals surface area contributed by atoms with Gasteiger partial charge in [0.15, 0.2) is 5.96 Å². The van der Waals surface area contributed by atoms with Crippen LogP contribution in [0.25, 0.3) is 0 Å². The lowest BCUT2D eigenvalue weighted by Gasteiger charge is -2.16. The lowest BCUT2D eigenvalue weighted by molar-refractivity contribution is 0.281. The van der Waals surface area contributed by atoms with Crippen molar-refractivity contribution >= 4 is 5.96 Å². The number of aliphatic imine (C=N–C) groups is 1. The van der Waals surface area contributed by atoms with Crippen LogP contribution >= 0.6 is 0 Å². The standard InChI is InChI=1S/C20H34N4O/c1-4-21-20(23-18-8-5-6-9-18)22-16-17-10-12-19(13-11-17)25-15-7-14-24(2)3/h10-13,18H,4-9,14-16H2,1-3H3,(H2,21,22,23). The molecule has 1 saturated carbocycles. The molecule has 0 radical (unpaired) electrons. The van der Waals surface area contributed by atoms with Gasteiger partial charge in [-0.05, 0) is 58.0 Å². The zero-order valence-electron chi connectivity index (χ0n) is 16.1. The van der Waals surface area contributed by atoms with E-state index in [9.17, 15) is 0 Å². The van der Waals surface area contributed by atoms with Crippen LogP contribution in [0.4, 0.5) is 0 Å². The van der Waals surface area contributed by atoms with Gasteiger partial charge in [0.1, 0.15) is 5.75 Å². The van der Waals surface area contributed by atoms with Crippen molar-refractivity contribution < 1.29 is 4.74 Å². The molecule has 0 amide bonds. The molecule has 0 saturated heterocycles. The molecule has 0 spiro atoms. The van der Waals surface area contributed by atoms with Crippen molar-refractivity contribution in [2.45, 2.75) is 51.6 Å². The summed E-state index contributed by atoms with van der Waals surface area (Å²) in [5, 5.41) is 6.90. The maximum absolute atomic E-state index is 5.78. The lowest BCUT2D eigenvalue weighted by atomic mass is 10.2. The van der Waals surface area contributed by atoms with E-state index in [0.29, 0.717) is 12.6 Å². The van der Waals surface area contributed by atoms with Crippen molar-refractivity contribution in [1.29, 1.82) is 0 Å². The summed E-state index contributed by atoms with van der Waals surface area (Å²) in [5.41, 5.74) is 1.20. The highest BCUT2D eigenvalue weighted by atomic mass is 16.5. The molecule has 0 aliphatic heterocycles. The third-order valence-corrected chi connectivity index (χ3v) is 4.40. The second-order valence-electron chi connectivity index (χ2n) is 6.97. The Kier molecular flexibility index (Phi) is 8.60. The van der Waals surface area contributed by atoms with Crippen LogP contribution in [0.3, 0.4) is 0 Å². The summed E-state index contributed by atoms with van der Waals surface area (Å²) in [4.78, 5) is 6.89. The zero-order valence-corrected chi connectivity index (χ0v) is 16.1. The molecule has 2 rings (SSSR count). The van der Waals surface area contributed by atoms with Crippen LogP contribution in [0, 0.1) is 0 Å². The molecule has 5 heteroatoms. The highest BCUT2D eigenvalue weighted by Gasteiger charge is 2.15. The Morgan fingerprint density at radius 3 is 2.56 bits per heavy atom. The van der Waals surface area contributed by atoms with Crippen molar-refractivity contribution in [3.8, 4) is 5.75 Å². The van der Waals surface area contributed by atoms with Gasteiger partial charge in [-0.2, -0.15) is 0 Å². The normalized spacial score (nSPS) is 15.6. The minimum atomic E-state index is 0.579. The summed E-state index contributed by atoms with van der Waals surface area (Å²) in [5.74, 6) is 1.86. The summed E-state index contributed by atoms with van der Waals surface area (Å²) in [6.07, 6.45) is 6.20. The van der Waals surface area contributed by atoms with Gasteiger partial charge in [-0.1, -0.05) is 25.0 Å². The molecular formula is C20H34N4O. The van der Waals surface area contributed by atoms with E-state index in [4.69, 9.17) is 9.73 Å². The zero-order chi connectivity index (χ0) is 17.9. The van der Waals surface area contributed by atoms with E-state index in [1.165, 1.54) is 31.2 Å². The summed E-state index contributed by atoms with van der Waals surface area (Å²) in [6.45, 7) is 5.48. The molecule has 5 nitrogen and oxygen atoms in total. The number of nitrogens with one attached hydrogen (secondary N) is 2. The molecule has 0 aromatic heterocycles. The molecule has 1 aromatic rings. The van der Waals surface area contributed by atoms with Crippen molar-refractivity contribution in [2.75, 3.05) is 33.8 Å². The number of rotatable bonds is 9. The smallest absolute Gasteiger partial charge is 0.191 e. The van der Waals surface area contributed by atoms with Crippen molar-refractivity contribution in [3.63, 3.8) is 0 Å². The molecule has 1 aliphatic rings. The van der Waals surface area contributed by atoms with Gasteiger partial charge in [-0.15, -0.1) is 0 Å². The topological polar surface area (TPSA) is 48.9 Å². The lowest BCUT2D eigenvalue weighted by Crippen LogP contribution is -2.42. The van der Waals surface area contributed by atoms with Gasteiger partial charge in [0.05, 0.1) is 13.2 Å². The largest absolute Gasteiger partial charge is 0.494 e. The van der Waals surface area contributed by atoms with Crippen molar-refractivity contribution in [3.05, 3.63) is 29.8 Å². The number of benzene rings is 1. The second-order valence-corrected chi connectivity index (χ2v) is 6.97. The highest BCUT2D eigenvalue weighted by molar-refractivity contribution is 5.80. The van der Waals surface area contributed by atoms with Gasteiger partial charge in [-0.25, -0.2) is 4.99 Å². The Balaban J connectivity index is 1.79. The van der Waals surface area contributed by atoms with Crippen LogP contribution in [0.15, 0.2) is 29.3 Å². The third kappa shape index (κ3) is 7.78. The molecule has 1 aliphatic carbocycles. The maximum Gasteiger partial charge on any atom is 0.191 e. The maximum atomic E-state index is 5.78. The van der Waals surface area contributed by atoms with Gasteiger partial charge in [0.2, 0.25) is 0 Å². The summed E-state index contributed by atoms with van der Waals surface area (Å²) in [7, 11) is 4.16. The summed E-state index contributed by atoms with van der Waals surface area (Å²) >= 11 is 0. The fraction of sp³-hybridized carbons (Fsp3) is 0.650. The van der Waals surface area contributed by atoms with Crippen LogP contribution in [0.2, 0.25) is 0 Å². The Hall–Kier alpha value is -1.75. The molecule has 1 fully saturated rings. The Morgan fingerprint density at radius 2 is 1.92 bits per heavy atom. The summed E-state index contributed by atoms with van der Waals surface area (Å²) < 4.78 is 5.78. The van der Waals surface area contributed by atoms with Gasteiger partial charge in [-0.3, -0.25) is 0 Å². The first kappa shape index (κ1) is 19.6. The number of nitrogens with zero attached hydrogens (tertiary/aromatic N) is 2. The first-order chi connectivity index (χ1) is 12.2. The van der Waals surface area contributed by atoms with Gasteiger partial charge in [0.25, 0.3) is 0 Å². The third-order valence-electron chi connectivity index (χ3n) is 4.40. The number of hydrogen-bond donors (Lipinski definition) is 2. The van der Waals surface area contributed by atoms with Crippen LogP contribution in [-0.4, -0.2) is 50.7 Å². The van der Waals surface area contributed by atoms with Gasteiger partial charge >= 0.3 is 0 Å². The molecule has 0 atom stereocenters. The summed E-state index contributed by atoms with van der Waals surface area (Å²) in [6, 6.07) is 8.86. The van der Waals surface area contributed by atoms with Crippen LogP contribution < -0.4 is 15.4 Å². The van der Waals surface area contributed by atoms with E-state index in [1.807, 2.05) is 12.1 Å². The molecule has 0 bridgehead atoms. The minimum absolute atomic E-state index is 0.579. The number of hydrogen-bond acceptors (Lipinski definition) is 3. The Labute approximate surface area is 152 Å². The molecule has 25 heavy (non-hydrogen) atoms. The molecule has 0 unspecified atom stereocenters. The van der Waals surface area contributed by atoms with Gasteiger partial charge in [0, 0.05) is 19.1 Å². The van der Waals surface area contributed by atoms with Crippen LogP contribution in [-0.2, 0) is 6.54 Å². The van der Waals surface area contributed by atoms with E-state index in [1.54, 1.807) is 0 Å². The SMILES string of the molecule is CCNC(=NCc1ccc(OCCCN(C)C)cc1)NC1CCCC1. The molecule has 140 valence electrons. The fourth-order valence-electron chi connectivity index (χ4n) is 3.02. The predicted octanol–water partition coefficient (Wildman–Crippen LogP) is 3.01. The predicted molar refractivity (Wildman–Crippen MR) is 105 cm³/mol. The average molecular weight is 347 g/mol. The Morgan fingerprint density at radius 1 is 1.20 bits per heavy atom. The number of ether oxygens (including phenoxy) is 1. The first-order valence-electron chi connectivity index (χ1n) is 9.58. The van der Waals surface area contributed by atoms with E-state index in [0.717, 1.165) is 37.8 Å². The highest BCUT2D eigenvalue weighted by Crippen LogP contribution is 2.17. The molecule has 1 aromatic carbocycles. The second kappa shape index (κ2) is 11.0. The van der Waals surface area contributed by atoms with E-state index in [2.05, 4.69) is 48.7 Å². The number of guanidine groups is 1. The quantitative estimate of drug-likeness (QED) is 0.410. The van der Waals surface area contributed by atoms with E-state index in [-0.39, 0.29) is 0 Å². The monoisotopic (exact) mass is 346 g/mol. The Bertz CT molecular complexity index is 507. The average Bonchev–Trinajstić information content (AvgIpc) is 3.11. The molecular weight excluding hydrogens is 312 g/mol. The molecule has 0 heterocycles. The van der Waals surface area contributed by atoms with Crippen molar-refractivity contribution in [1.82, 2.24) is 15.5 Å². The van der Waals surface area contributed by atoms with Crippen LogP contribution in [0.5, 0.6) is 5.75 Å². The molecule has 2 N–H and O–H groups in total. The van der Waals surface area contributed by atoms with Crippen molar-refractivity contribution in [2.24, 2.45) is 4.99 Å². The van der Waals surface area contributed by atoms with E-state index < -0.39 is 0 Å². The minimum Gasteiger partial charge on any atom is -0.494 e. The van der Waals surface area contributed by atoms with E-state index >= 15 is 0 Å². The first-order valence-corrected chi connectivity index (χ1v) is 9.58. The van der Waals surface area contributed by atoms with Gasteiger partial charge < -0.3 is 20.3 Å². The fourth-order valence-corrected chi connectivity index (χ4v) is 3.02. The van der Waals surface area contributed by atoms with Crippen LogP contribution in [0.1, 0.15) is 44.6 Å².